The molecule has 1 saturated heterocycles. The number of anilines is 2. The van der Waals surface area contributed by atoms with Gasteiger partial charge in [0.15, 0.2) is 5.82 Å². The number of nitrogens with one attached hydrogen (secondary N) is 2. The lowest BCUT2D eigenvalue weighted by molar-refractivity contribution is 0.102. The Bertz CT molecular complexity index is 910. The van der Waals surface area contributed by atoms with Crippen molar-refractivity contribution < 1.29 is 13.9 Å². The molecule has 0 unspecified atom stereocenters. The van der Waals surface area contributed by atoms with Crippen LogP contribution in [0.25, 0.3) is 0 Å². The molecule has 0 saturated carbocycles. The molecule has 0 aliphatic carbocycles. The average Bonchev–Trinajstić information content (AvgIpc) is 3.26. The van der Waals surface area contributed by atoms with Crippen molar-refractivity contribution in [2.24, 2.45) is 4.99 Å². The van der Waals surface area contributed by atoms with Gasteiger partial charge in [0.05, 0.1) is 12.4 Å². The number of hydrogen-bond acceptors (Lipinski definition) is 8. The molecule has 1 atom stereocenters. The summed E-state index contributed by atoms with van der Waals surface area (Å²) in [5, 5.41) is 8.95. The van der Waals surface area contributed by atoms with Gasteiger partial charge in [-0.05, 0) is 20.4 Å². The smallest absolute Gasteiger partial charge is 0.263 e. The third-order valence-corrected chi connectivity index (χ3v) is 4.14. The molecule has 1 amide bonds. The van der Waals surface area contributed by atoms with Crippen LogP contribution in [0.5, 0.6) is 5.88 Å². The second-order valence-corrected chi connectivity index (χ2v) is 6.25. The topological polar surface area (TPSA) is 134 Å². The van der Waals surface area contributed by atoms with Gasteiger partial charge in [-0.25, -0.2) is 14.4 Å². The molecule has 11 heteroatoms. The number of rotatable bonds is 6. The summed E-state index contributed by atoms with van der Waals surface area (Å²) in [4.78, 5) is 26.8. The van der Waals surface area contributed by atoms with Gasteiger partial charge in [0.25, 0.3) is 5.91 Å². The molecule has 148 valence electrons. The normalized spacial score (nSPS) is 18.0. The van der Waals surface area contributed by atoms with Crippen LogP contribution >= 0.6 is 0 Å². The lowest BCUT2D eigenvalue weighted by Crippen LogP contribution is -2.23. The van der Waals surface area contributed by atoms with E-state index in [0.29, 0.717) is 0 Å². The van der Waals surface area contributed by atoms with Crippen LogP contribution in [0, 0.1) is 0 Å². The zero-order valence-electron chi connectivity index (χ0n) is 15.5. The van der Waals surface area contributed by atoms with E-state index >= 15 is 0 Å². The third-order valence-electron chi connectivity index (χ3n) is 4.14. The molecule has 3 heterocycles. The number of aromatic nitrogens is 4. The standard InChI is InChI=1S/C17H21FN8O2/c1-3-10(18)6-21-15-13(14(19)24-25-15)16(27)23-12-7-20-9-22-17(12)28-11-4-5-26(2)8-11/h3,6-7,9,11H,4-5,8H2,1-2H3,(H,23,27)(H3,19,24,25)/b10-3+,21-6?/t11-/m0/s1. The maximum atomic E-state index is 13.3. The number of aliphatic imine (C=N–C) groups is 1. The molecule has 1 aliphatic rings. The van der Waals surface area contributed by atoms with E-state index in [1.807, 2.05) is 7.05 Å². The number of nitrogen functional groups attached to an aromatic ring is 1. The Hall–Kier alpha value is -3.34. The van der Waals surface area contributed by atoms with Gasteiger partial charge in [0, 0.05) is 13.1 Å². The fourth-order valence-electron chi connectivity index (χ4n) is 2.69. The number of ether oxygens (including phenoxy) is 1. The van der Waals surface area contributed by atoms with Crippen molar-refractivity contribution in [3.05, 3.63) is 30.0 Å². The molecule has 1 fully saturated rings. The van der Waals surface area contributed by atoms with Crippen LogP contribution < -0.4 is 15.8 Å². The van der Waals surface area contributed by atoms with Crippen LogP contribution in [0.2, 0.25) is 0 Å². The minimum atomic E-state index is -0.595. The summed E-state index contributed by atoms with van der Waals surface area (Å²) in [6.45, 7) is 3.21. The van der Waals surface area contributed by atoms with Gasteiger partial charge in [0.2, 0.25) is 5.88 Å². The predicted molar refractivity (Wildman–Crippen MR) is 103 cm³/mol. The summed E-state index contributed by atoms with van der Waals surface area (Å²) in [6.07, 6.45) is 5.77. The van der Waals surface area contributed by atoms with Crippen molar-refractivity contribution in [3.63, 3.8) is 0 Å². The largest absolute Gasteiger partial charge is 0.471 e. The molecular formula is C17H21FN8O2. The second kappa shape index (κ2) is 8.57. The van der Waals surface area contributed by atoms with E-state index in [4.69, 9.17) is 10.5 Å². The quantitative estimate of drug-likeness (QED) is 0.641. The van der Waals surface area contributed by atoms with Crippen LogP contribution in [0.15, 0.2) is 29.4 Å². The van der Waals surface area contributed by atoms with Gasteiger partial charge < -0.3 is 20.7 Å². The monoisotopic (exact) mass is 388 g/mol. The highest BCUT2D eigenvalue weighted by Crippen LogP contribution is 2.27. The van der Waals surface area contributed by atoms with Gasteiger partial charge in [0.1, 0.15) is 35.3 Å². The molecule has 0 spiro atoms. The van der Waals surface area contributed by atoms with Gasteiger partial charge in [-0.1, -0.05) is 6.08 Å². The van der Waals surface area contributed by atoms with Crippen LogP contribution in [0.1, 0.15) is 23.7 Å². The summed E-state index contributed by atoms with van der Waals surface area (Å²) >= 11 is 0. The second-order valence-electron chi connectivity index (χ2n) is 6.25. The van der Waals surface area contributed by atoms with E-state index in [0.717, 1.165) is 25.7 Å². The molecule has 10 nitrogen and oxygen atoms in total. The van der Waals surface area contributed by atoms with Crippen molar-refractivity contribution in [2.75, 3.05) is 31.2 Å². The number of nitrogens with two attached hydrogens (primary N) is 1. The van der Waals surface area contributed by atoms with Gasteiger partial charge >= 0.3 is 0 Å². The molecule has 3 rings (SSSR count). The summed E-state index contributed by atoms with van der Waals surface area (Å²) in [5.41, 5.74) is 6.06. The number of nitrogens with zero attached hydrogens (tertiary/aromatic N) is 5. The Morgan fingerprint density at radius 1 is 1.57 bits per heavy atom. The lowest BCUT2D eigenvalue weighted by Gasteiger charge is -2.15. The maximum Gasteiger partial charge on any atom is 0.263 e. The molecule has 4 N–H and O–H groups in total. The summed E-state index contributed by atoms with van der Waals surface area (Å²) in [6, 6.07) is 0. The highest BCUT2D eigenvalue weighted by atomic mass is 19.1. The highest BCUT2D eigenvalue weighted by Gasteiger charge is 2.24. The summed E-state index contributed by atoms with van der Waals surface area (Å²) in [5.74, 6) is -0.939. The van der Waals surface area contributed by atoms with Crippen LogP contribution in [-0.2, 0) is 0 Å². The zero-order chi connectivity index (χ0) is 20.1. The number of H-pyrrole nitrogens is 1. The number of hydrogen-bond donors (Lipinski definition) is 3. The first kappa shape index (κ1) is 19.4. The van der Waals surface area contributed by atoms with Crippen LogP contribution in [-0.4, -0.2) is 63.4 Å². The number of likely N-dealkylation sites (tertiary alicyclic amines) is 1. The van der Waals surface area contributed by atoms with E-state index in [9.17, 15) is 9.18 Å². The Kier molecular flexibility index (Phi) is 5.94. The van der Waals surface area contributed by atoms with Crippen molar-refractivity contribution in [3.8, 4) is 5.88 Å². The number of amides is 1. The Labute approximate surface area is 160 Å². The van der Waals surface area contributed by atoms with Crippen molar-refractivity contribution >= 4 is 29.4 Å². The Balaban J connectivity index is 1.79. The van der Waals surface area contributed by atoms with Crippen molar-refractivity contribution in [1.82, 2.24) is 25.1 Å². The fourth-order valence-corrected chi connectivity index (χ4v) is 2.69. The van der Waals surface area contributed by atoms with Crippen LogP contribution in [0.3, 0.4) is 0 Å². The summed E-state index contributed by atoms with van der Waals surface area (Å²) in [7, 11) is 2.01. The Morgan fingerprint density at radius 2 is 2.39 bits per heavy atom. The molecule has 0 aromatic carbocycles. The van der Waals surface area contributed by atoms with E-state index in [1.54, 1.807) is 0 Å². The number of aromatic amines is 1. The van der Waals surface area contributed by atoms with Crippen LogP contribution in [0.4, 0.5) is 21.7 Å². The van der Waals surface area contributed by atoms with Gasteiger partial charge in [-0.3, -0.25) is 9.89 Å². The molecule has 28 heavy (non-hydrogen) atoms. The third kappa shape index (κ3) is 4.49. The predicted octanol–water partition coefficient (Wildman–Crippen LogP) is 1.69. The number of carbonyl (C=O) groups excluding carboxylic acids is 1. The number of halogens is 1. The minimum Gasteiger partial charge on any atom is -0.471 e. The molecule has 0 bridgehead atoms. The first-order chi connectivity index (χ1) is 13.5. The maximum absolute atomic E-state index is 13.3. The average molecular weight is 388 g/mol. The first-order valence-electron chi connectivity index (χ1n) is 8.64. The van der Waals surface area contributed by atoms with E-state index in [-0.39, 0.29) is 34.9 Å². The fraction of sp³-hybridized carbons (Fsp3) is 0.353. The molecule has 0 radical (unpaired) electrons. The Morgan fingerprint density at radius 3 is 3.11 bits per heavy atom. The number of carbonyl (C=O) groups is 1. The van der Waals surface area contributed by atoms with Gasteiger partial charge in [-0.2, -0.15) is 10.1 Å². The van der Waals surface area contributed by atoms with E-state index in [2.05, 4.69) is 35.4 Å². The number of likely N-dealkylation sites (N-methyl/N-ethyl adjacent to an activating group) is 1. The zero-order valence-corrected chi connectivity index (χ0v) is 15.5. The highest BCUT2D eigenvalue weighted by molar-refractivity contribution is 6.11. The first-order valence-corrected chi connectivity index (χ1v) is 8.64. The SMILES string of the molecule is C/C=C(/F)C=Nc1n[nH]c(N)c1C(=O)Nc1cncnc1O[C@H]1CCN(C)C1. The summed E-state index contributed by atoms with van der Waals surface area (Å²) < 4.78 is 19.2. The van der Waals surface area contributed by atoms with E-state index in [1.165, 1.54) is 25.5 Å². The minimum absolute atomic E-state index is 0.00210. The number of allylic oxidation sites excluding steroid dienone is 2. The van der Waals surface area contributed by atoms with Crippen molar-refractivity contribution in [1.29, 1.82) is 0 Å². The molecule has 1 aliphatic heterocycles. The molecule has 2 aromatic rings. The van der Waals surface area contributed by atoms with Crippen molar-refractivity contribution in [2.45, 2.75) is 19.4 Å². The lowest BCUT2D eigenvalue weighted by atomic mass is 10.2. The van der Waals surface area contributed by atoms with E-state index < -0.39 is 11.7 Å². The molecule has 2 aromatic heterocycles. The molecular weight excluding hydrogens is 367 g/mol. The van der Waals surface area contributed by atoms with Gasteiger partial charge in [-0.15, -0.1) is 0 Å².